The fourth-order valence-corrected chi connectivity index (χ4v) is 2.82. The Balaban J connectivity index is 1.96. The minimum atomic E-state index is -0.449. The van der Waals surface area contributed by atoms with E-state index in [2.05, 4.69) is 21.4 Å². The number of hydrogen-bond donors (Lipinski definition) is 1. The van der Waals surface area contributed by atoms with E-state index in [4.69, 9.17) is 9.57 Å². The van der Waals surface area contributed by atoms with E-state index in [9.17, 15) is 4.79 Å². The average molecular weight is 333 g/mol. The molecule has 0 aromatic heterocycles. The Morgan fingerprint density at radius 3 is 2.79 bits per heavy atom. The second kappa shape index (κ2) is 5.32. The van der Waals surface area contributed by atoms with Crippen LogP contribution in [0.4, 0.5) is 4.79 Å². The lowest BCUT2D eigenvalue weighted by Gasteiger charge is -2.27. The van der Waals surface area contributed by atoms with E-state index in [1.54, 1.807) is 4.90 Å². The summed E-state index contributed by atoms with van der Waals surface area (Å²) < 4.78 is 6.27. The standard InChI is InChI=1S/C13H21BrN2O3/c1-12(2,3)18-11(17)16-7-4-5-13(6-8-16)9-10(14)15-19-13/h9,15H,4-8H2,1-3H3/t13-/m1/s1. The van der Waals surface area contributed by atoms with Gasteiger partial charge in [0.1, 0.15) is 15.8 Å². The molecule has 108 valence electrons. The van der Waals surface area contributed by atoms with Gasteiger partial charge in [0.2, 0.25) is 0 Å². The number of rotatable bonds is 0. The predicted octanol–water partition coefficient (Wildman–Crippen LogP) is 2.92. The van der Waals surface area contributed by atoms with Gasteiger partial charge < -0.3 is 9.64 Å². The number of hydrogen-bond acceptors (Lipinski definition) is 4. The van der Waals surface area contributed by atoms with Crippen LogP contribution in [0, 0.1) is 0 Å². The SMILES string of the molecule is CC(C)(C)OC(=O)N1CCC[C@]2(C=C(Br)NO2)CC1. The van der Waals surface area contributed by atoms with Crippen molar-refractivity contribution in [2.45, 2.75) is 51.2 Å². The van der Waals surface area contributed by atoms with Gasteiger partial charge >= 0.3 is 6.09 Å². The van der Waals surface area contributed by atoms with Crippen molar-refractivity contribution >= 4 is 22.0 Å². The maximum absolute atomic E-state index is 12.1. The fourth-order valence-electron chi connectivity index (χ4n) is 2.33. The molecule has 0 bridgehead atoms. The summed E-state index contributed by atoms with van der Waals surface area (Å²) >= 11 is 3.38. The first kappa shape index (κ1) is 14.7. The number of carbonyl (C=O) groups excluding carboxylic acids is 1. The third kappa shape index (κ3) is 3.86. The Morgan fingerprint density at radius 1 is 1.47 bits per heavy atom. The van der Waals surface area contributed by atoms with Crippen molar-refractivity contribution in [1.29, 1.82) is 0 Å². The van der Waals surface area contributed by atoms with Gasteiger partial charge in [-0.25, -0.2) is 4.79 Å². The van der Waals surface area contributed by atoms with Crippen LogP contribution in [0.2, 0.25) is 0 Å². The quantitative estimate of drug-likeness (QED) is 0.693. The van der Waals surface area contributed by atoms with Crippen molar-refractivity contribution in [3.63, 3.8) is 0 Å². The largest absolute Gasteiger partial charge is 0.444 e. The zero-order valence-electron chi connectivity index (χ0n) is 11.7. The van der Waals surface area contributed by atoms with Gasteiger partial charge in [0.15, 0.2) is 0 Å². The molecule has 1 saturated heterocycles. The number of halogens is 1. The van der Waals surface area contributed by atoms with Gasteiger partial charge in [-0.2, -0.15) is 0 Å². The Kier molecular flexibility index (Phi) is 4.11. The van der Waals surface area contributed by atoms with Crippen molar-refractivity contribution in [3.8, 4) is 0 Å². The molecule has 1 spiro atoms. The third-order valence-corrected chi connectivity index (χ3v) is 3.62. The number of amides is 1. The average Bonchev–Trinajstić information content (AvgIpc) is 2.52. The van der Waals surface area contributed by atoms with Crippen LogP contribution in [-0.4, -0.2) is 35.3 Å². The molecule has 2 aliphatic rings. The van der Waals surface area contributed by atoms with Crippen LogP contribution in [0.5, 0.6) is 0 Å². The maximum Gasteiger partial charge on any atom is 0.410 e. The fraction of sp³-hybridized carbons (Fsp3) is 0.769. The Bertz CT molecular complexity index is 392. The molecule has 0 aromatic carbocycles. The molecule has 2 aliphatic heterocycles. The number of ether oxygens (including phenoxy) is 1. The highest BCUT2D eigenvalue weighted by Crippen LogP contribution is 2.33. The first-order valence-electron chi connectivity index (χ1n) is 6.60. The summed E-state index contributed by atoms with van der Waals surface area (Å²) in [5.41, 5.74) is 2.09. The van der Waals surface area contributed by atoms with E-state index in [1.165, 1.54) is 0 Å². The van der Waals surface area contributed by atoms with Gasteiger partial charge in [0.05, 0.1) is 0 Å². The first-order valence-corrected chi connectivity index (χ1v) is 7.39. The molecule has 1 amide bonds. The summed E-state index contributed by atoms with van der Waals surface area (Å²) in [5, 5.41) is 0. The molecule has 0 aliphatic carbocycles. The van der Waals surface area contributed by atoms with Crippen LogP contribution < -0.4 is 5.48 Å². The van der Waals surface area contributed by atoms with Crippen LogP contribution >= 0.6 is 15.9 Å². The zero-order chi connectivity index (χ0) is 14.1. The van der Waals surface area contributed by atoms with Gasteiger partial charge in [0, 0.05) is 19.5 Å². The lowest BCUT2D eigenvalue weighted by atomic mass is 9.95. The third-order valence-electron chi connectivity index (χ3n) is 3.23. The number of likely N-dealkylation sites (tertiary alicyclic amines) is 1. The topological polar surface area (TPSA) is 50.8 Å². The van der Waals surface area contributed by atoms with Crippen LogP contribution in [-0.2, 0) is 9.57 Å². The van der Waals surface area contributed by atoms with Crippen molar-refractivity contribution in [1.82, 2.24) is 10.4 Å². The second-order valence-electron chi connectivity index (χ2n) is 6.08. The molecule has 5 nitrogen and oxygen atoms in total. The molecule has 2 heterocycles. The minimum Gasteiger partial charge on any atom is -0.444 e. The molecule has 0 aromatic rings. The molecule has 1 N–H and O–H groups in total. The highest BCUT2D eigenvalue weighted by Gasteiger charge is 2.37. The second-order valence-corrected chi connectivity index (χ2v) is 6.94. The van der Waals surface area contributed by atoms with Gasteiger partial charge in [-0.1, -0.05) is 0 Å². The van der Waals surface area contributed by atoms with E-state index in [-0.39, 0.29) is 11.7 Å². The Labute approximate surface area is 122 Å². The van der Waals surface area contributed by atoms with Crippen LogP contribution in [0.1, 0.15) is 40.0 Å². The molecular weight excluding hydrogens is 312 g/mol. The number of hydroxylamine groups is 1. The minimum absolute atomic E-state index is 0.237. The van der Waals surface area contributed by atoms with E-state index >= 15 is 0 Å². The molecule has 0 unspecified atom stereocenters. The zero-order valence-corrected chi connectivity index (χ0v) is 13.2. The predicted molar refractivity (Wildman–Crippen MR) is 75.6 cm³/mol. The number of carbonyl (C=O) groups is 1. The van der Waals surface area contributed by atoms with Crippen LogP contribution in [0.25, 0.3) is 0 Å². The summed E-state index contributed by atoms with van der Waals surface area (Å²) in [5.74, 6) is 0. The maximum atomic E-state index is 12.1. The van der Waals surface area contributed by atoms with E-state index in [1.807, 2.05) is 26.8 Å². The number of nitrogens with zero attached hydrogens (tertiary/aromatic N) is 1. The normalized spacial score (nSPS) is 27.8. The van der Waals surface area contributed by atoms with E-state index in [0.717, 1.165) is 23.9 Å². The van der Waals surface area contributed by atoms with Crippen molar-refractivity contribution in [2.75, 3.05) is 13.1 Å². The summed E-state index contributed by atoms with van der Waals surface area (Å²) in [4.78, 5) is 19.5. The molecule has 0 saturated carbocycles. The highest BCUT2D eigenvalue weighted by molar-refractivity contribution is 9.11. The van der Waals surface area contributed by atoms with Crippen LogP contribution in [0.15, 0.2) is 10.7 Å². The van der Waals surface area contributed by atoms with Crippen LogP contribution in [0.3, 0.4) is 0 Å². The summed E-state index contributed by atoms with van der Waals surface area (Å²) in [7, 11) is 0. The van der Waals surface area contributed by atoms with Crippen molar-refractivity contribution < 1.29 is 14.4 Å². The molecule has 6 heteroatoms. The molecule has 0 radical (unpaired) electrons. The molecular formula is C13H21BrN2O3. The first-order chi connectivity index (χ1) is 8.80. The highest BCUT2D eigenvalue weighted by atomic mass is 79.9. The molecule has 2 rings (SSSR count). The van der Waals surface area contributed by atoms with Crippen molar-refractivity contribution in [3.05, 3.63) is 10.7 Å². The summed E-state index contributed by atoms with van der Waals surface area (Å²) in [6, 6.07) is 0. The Morgan fingerprint density at radius 2 is 2.21 bits per heavy atom. The lowest BCUT2D eigenvalue weighted by Crippen LogP contribution is -2.38. The Hall–Kier alpha value is -0.750. The van der Waals surface area contributed by atoms with Gasteiger partial charge in [0.25, 0.3) is 0 Å². The van der Waals surface area contributed by atoms with Gasteiger partial charge in [-0.15, -0.1) is 0 Å². The summed E-state index contributed by atoms with van der Waals surface area (Å²) in [6.45, 7) is 7.01. The summed E-state index contributed by atoms with van der Waals surface area (Å²) in [6.07, 6.45) is 4.38. The van der Waals surface area contributed by atoms with Gasteiger partial charge in [-0.3, -0.25) is 10.3 Å². The van der Waals surface area contributed by atoms with E-state index < -0.39 is 5.60 Å². The number of nitrogens with one attached hydrogen (secondary N) is 1. The molecule has 1 atom stereocenters. The monoisotopic (exact) mass is 332 g/mol. The molecule has 1 fully saturated rings. The van der Waals surface area contributed by atoms with Crippen molar-refractivity contribution in [2.24, 2.45) is 0 Å². The molecule has 19 heavy (non-hydrogen) atoms. The van der Waals surface area contributed by atoms with E-state index in [0.29, 0.717) is 13.1 Å². The smallest absolute Gasteiger partial charge is 0.410 e. The lowest BCUT2D eigenvalue weighted by molar-refractivity contribution is -0.0461. The van der Waals surface area contributed by atoms with Gasteiger partial charge in [-0.05, 0) is 55.6 Å².